The summed E-state index contributed by atoms with van der Waals surface area (Å²) in [5.41, 5.74) is 0. The molecular weight excluding hydrogens is 198 g/mol. The van der Waals surface area contributed by atoms with E-state index in [2.05, 4.69) is 0 Å². The Bertz CT molecular complexity index is 246. The number of methoxy groups -OCH3 is 1. The molecule has 0 N–H and O–H groups in total. The van der Waals surface area contributed by atoms with Gasteiger partial charge < -0.3 is 14.2 Å². The number of nitrogens with zero attached hydrogens (tertiary/aromatic N) is 1. The number of hydrogen-bond acceptors (Lipinski definition) is 5. The van der Waals surface area contributed by atoms with E-state index >= 15 is 0 Å². The molecule has 3 atom stereocenters. The van der Waals surface area contributed by atoms with Crippen molar-refractivity contribution in [2.75, 3.05) is 20.3 Å². The zero-order chi connectivity index (χ0) is 10.8. The van der Waals surface area contributed by atoms with Gasteiger partial charge in [-0.05, 0) is 19.8 Å². The topological polar surface area (TPSA) is 51.3 Å². The highest BCUT2D eigenvalue weighted by atomic mass is 16.8. The predicted molar refractivity (Wildman–Crippen MR) is 52.0 cm³/mol. The molecule has 2 rings (SSSR count). The number of esters is 1. The highest BCUT2D eigenvalue weighted by molar-refractivity contribution is 5.76. The largest absolute Gasteiger partial charge is 0.468 e. The summed E-state index contributed by atoms with van der Waals surface area (Å²) in [7, 11) is 1.42. The van der Waals surface area contributed by atoms with Crippen molar-refractivity contribution in [1.29, 1.82) is 0 Å². The smallest absolute Gasteiger partial charge is 0.323 e. The molecule has 2 aliphatic heterocycles. The standard InChI is InChI=1S/C10H17NO4/c1-3-14-10-8(15-10)11-6-4-5-7(11)9(12)13-2/h7-8,10H,3-6H2,1-2H3/t7-,8?,10?/m0/s1. The van der Waals surface area contributed by atoms with Crippen LogP contribution < -0.4 is 0 Å². The van der Waals surface area contributed by atoms with Gasteiger partial charge in [-0.3, -0.25) is 9.69 Å². The zero-order valence-electron chi connectivity index (χ0n) is 9.14. The molecule has 2 fully saturated rings. The Morgan fingerprint density at radius 3 is 3.07 bits per heavy atom. The van der Waals surface area contributed by atoms with Gasteiger partial charge in [0.15, 0.2) is 12.5 Å². The second-order valence-electron chi connectivity index (χ2n) is 3.77. The molecule has 0 spiro atoms. The molecule has 0 aromatic heterocycles. The first-order chi connectivity index (χ1) is 7.27. The molecule has 5 heteroatoms. The molecule has 0 radical (unpaired) electrons. The maximum absolute atomic E-state index is 11.5. The Morgan fingerprint density at radius 2 is 2.40 bits per heavy atom. The molecule has 0 aliphatic carbocycles. The average Bonchev–Trinajstić information content (AvgIpc) is 2.83. The number of likely N-dealkylation sites (tertiary alicyclic amines) is 1. The minimum Gasteiger partial charge on any atom is -0.468 e. The maximum atomic E-state index is 11.5. The van der Waals surface area contributed by atoms with E-state index < -0.39 is 0 Å². The fraction of sp³-hybridized carbons (Fsp3) is 0.900. The molecule has 2 aliphatic rings. The second kappa shape index (κ2) is 4.47. The van der Waals surface area contributed by atoms with Gasteiger partial charge in [0.05, 0.1) is 7.11 Å². The number of epoxide rings is 1. The molecule has 2 saturated heterocycles. The Hall–Kier alpha value is -0.650. The van der Waals surface area contributed by atoms with Crippen LogP contribution in [0.4, 0.5) is 0 Å². The lowest BCUT2D eigenvalue weighted by Crippen LogP contribution is -2.39. The van der Waals surface area contributed by atoms with E-state index in [1.54, 1.807) is 0 Å². The van der Waals surface area contributed by atoms with Gasteiger partial charge in [0.1, 0.15) is 6.04 Å². The van der Waals surface area contributed by atoms with Gasteiger partial charge in [0.25, 0.3) is 0 Å². The summed E-state index contributed by atoms with van der Waals surface area (Å²) in [6.07, 6.45) is 1.67. The van der Waals surface area contributed by atoms with Crippen LogP contribution in [0, 0.1) is 0 Å². The van der Waals surface area contributed by atoms with Gasteiger partial charge in [0.2, 0.25) is 0 Å². The summed E-state index contributed by atoms with van der Waals surface area (Å²) in [6.45, 7) is 3.45. The normalized spacial score (nSPS) is 35.5. The van der Waals surface area contributed by atoms with Crippen molar-refractivity contribution in [1.82, 2.24) is 4.90 Å². The lowest BCUT2D eigenvalue weighted by molar-refractivity contribution is -0.146. The van der Waals surface area contributed by atoms with Crippen molar-refractivity contribution in [2.24, 2.45) is 0 Å². The maximum Gasteiger partial charge on any atom is 0.323 e. The van der Waals surface area contributed by atoms with Crippen molar-refractivity contribution in [3.63, 3.8) is 0 Å². The SMILES string of the molecule is CCOC1OC1N1CCC[C@H]1C(=O)OC. The van der Waals surface area contributed by atoms with Crippen molar-refractivity contribution < 1.29 is 19.0 Å². The second-order valence-corrected chi connectivity index (χ2v) is 3.77. The summed E-state index contributed by atoms with van der Waals surface area (Å²) in [6, 6.07) is -0.148. The number of rotatable bonds is 4. The molecule has 2 heterocycles. The van der Waals surface area contributed by atoms with E-state index in [0.717, 1.165) is 19.4 Å². The quantitative estimate of drug-likeness (QED) is 0.500. The van der Waals surface area contributed by atoms with Gasteiger partial charge >= 0.3 is 5.97 Å². The summed E-state index contributed by atoms with van der Waals surface area (Å²) < 4.78 is 15.4. The van der Waals surface area contributed by atoms with E-state index in [1.807, 2.05) is 11.8 Å². The fourth-order valence-corrected chi connectivity index (χ4v) is 2.10. The third kappa shape index (κ3) is 2.14. The summed E-state index contributed by atoms with van der Waals surface area (Å²) in [5, 5.41) is 0. The first-order valence-corrected chi connectivity index (χ1v) is 5.38. The molecule has 0 aromatic carbocycles. The van der Waals surface area contributed by atoms with Crippen LogP contribution in [-0.4, -0.2) is 49.7 Å². The van der Waals surface area contributed by atoms with Crippen molar-refractivity contribution in [2.45, 2.75) is 38.3 Å². The van der Waals surface area contributed by atoms with Crippen molar-refractivity contribution in [3.8, 4) is 0 Å². The third-order valence-electron chi connectivity index (χ3n) is 2.86. The number of hydrogen-bond donors (Lipinski definition) is 0. The monoisotopic (exact) mass is 215 g/mol. The van der Waals surface area contributed by atoms with Crippen LogP contribution >= 0.6 is 0 Å². The fourth-order valence-electron chi connectivity index (χ4n) is 2.10. The summed E-state index contributed by atoms with van der Waals surface area (Å²) >= 11 is 0. The predicted octanol–water partition coefficient (Wildman–Crippen LogP) is 0.343. The lowest BCUT2D eigenvalue weighted by atomic mass is 10.2. The van der Waals surface area contributed by atoms with Crippen molar-refractivity contribution in [3.05, 3.63) is 0 Å². The van der Waals surface area contributed by atoms with Gasteiger partial charge in [-0.15, -0.1) is 0 Å². The van der Waals surface area contributed by atoms with E-state index in [-0.39, 0.29) is 24.5 Å². The molecule has 0 bridgehead atoms. The minimum atomic E-state index is -0.168. The number of carbonyl (C=O) groups excluding carboxylic acids is 1. The Balaban J connectivity index is 1.89. The summed E-state index contributed by atoms with van der Waals surface area (Å²) in [4.78, 5) is 13.5. The molecule has 2 unspecified atom stereocenters. The first-order valence-electron chi connectivity index (χ1n) is 5.38. The van der Waals surface area contributed by atoms with E-state index in [1.165, 1.54) is 7.11 Å². The Morgan fingerprint density at radius 1 is 1.60 bits per heavy atom. The van der Waals surface area contributed by atoms with Crippen LogP contribution in [0.5, 0.6) is 0 Å². The first kappa shape index (κ1) is 10.9. The van der Waals surface area contributed by atoms with Gasteiger partial charge in [-0.25, -0.2) is 0 Å². The molecular formula is C10H17NO4. The number of carbonyl (C=O) groups is 1. The van der Waals surface area contributed by atoms with Crippen molar-refractivity contribution >= 4 is 5.97 Å². The van der Waals surface area contributed by atoms with Gasteiger partial charge in [0, 0.05) is 13.2 Å². The van der Waals surface area contributed by atoms with Gasteiger partial charge in [-0.1, -0.05) is 0 Å². The molecule has 86 valence electrons. The minimum absolute atomic E-state index is 0.0449. The van der Waals surface area contributed by atoms with Crippen LogP contribution in [-0.2, 0) is 19.0 Å². The molecule has 0 aromatic rings. The van der Waals surface area contributed by atoms with E-state index in [0.29, 0.717) is 6.61 Å². The van der Waals surface area contributed by atoms with Crippen LogP contribution in [0.3, 0.4) is 0 Å². The zero-order valence-corrected chi connectivity index (χ0v) is 9.14. The third-order valence-corrected chi connectivity index (χ3v) is 2.86. The highest BCUT2D eigenvalue weighted by Gasteiger charge is 2.50. The molecule has 0 saturated carbocycles. The molecule has 5 nitrogen and oxygen atoms in total. The lowest BCUT2D eigenvalue weighted by Gasteiger charge is -2.19. The van der Waals surface area contributed by atoms with Crippen LogP contribution in [0.25, 0.3) is 0 Å². The molecule has 0 amide bonds. The van der Waals surface area contributed by atoms with E-state index in [9.17, 15) is 4.79 Å². The highest BCUT2D eigenvalue weighted by Crippen LogP contribution is 2.33. The Labute approximate surface area is 89.3 Å². The molecule has 15 heavy (non-hydrogen) atoms. The van der Waals surface area contributed by atoms with Crippen LogP contribution in [0.1, 0.15) is 19.8 Å². The average molecular weight is 215 g/mol. The van der Waals surface area contributed by atoms with Crippen LogP contribution in [0.15, 0.2) is 0 Å². The van der Waals surface area contributed by atoms with Crippen LogP contribution in [0.2, 0.25) is 0 Å². The van der Waals surface area contributed by atoms with E-state index in [4.69, 9.17) is 14.2 Å². The Kier molecular flexibility index (Phi) is 3.23. The summed E-state index contributed by atoms with van der Waals surface area (Å²) in [5.74, 6) is -0.168. The number of ether oxygens (including phenoxy) is 3. The van der Waals surface area contributed by atoms with Gasteiger partial charge in [-0.2, -0.15) is 0 Å².